The summed E-state index contributed by atoms with van der Waals surface area (Å²) in [7, 11) is 6.96. The van der Waals surface area contributed by atoms with Crippen LogP contribution in [0.2, 0.25) is 5.15 Å². The van der Waals surface area contributed by atoms with Gasteiger partial charge in [-0.05, 0) is 128 Å². The number of benzene rings is 2. The summed E-state index contributed by atoms with van der Waals surface area (Å²) in [5.41, 5.74) is 17.0. The number of ether oxygens (including phenoxy) is 2. The second-order valence-corrected chi connectivity index (χ2v) is 19.7. The minimum absolute atomic E-state index is 0.0401. The molecule has 2 amide bonds. The van der Waals surface area contributed by atoms with Gasteiger partial charge in [0, 0.05) is 59.8 Å². The van der Waals surface area contributed by atoms with Crippen LogP contribution in [0.3, 0.4) is 0 Å². The van der Waals surface area contributed by atoms with E-state index in [0.717, 1.165) is 90.2 Å². The number of carbonyl (C=O) groups excluding carboxylic acids is 2. The van der Waals surface area contributed by atoms with Crippen molar-refractivity contribution in [2.45, 2.75) is 126 Å². The molecule has 2 saturated heterocycles. The standard InChI is InChI=1S/C25H34F3N7O2.C19H21ClF3N5O2.C6H14N2/c1-35-11-9-16(10-12-35)31-23(36)15-7-8-20(21(13-15)37-2)33-24-30-14-17(25(26,27)28)22(34-24)32-19-6-4-3-5-18(19)29;1-28-7-5-12(6-8-28)25-17(29)11-3-4-14(15(9-11)30-2)26-18-24-10-13(16(20)27-18)19(21,22)23;7-5-3-1-2-4-6(5)8/h7-8,13-14,16,18-19H,3-6,9-12,29H2,1-2H3,(H,31,36)(H2,30,32,33,34);3-4,9-10,12H,5-8H2,1-2H3,(H,25,29)(H,24,26,27);5-6H,1-4,7-8H2/t18-,19-;;5-,6-/m1.1/s1. The highest BCUT2D eigenvalue weighted by molar-refractivity contribution is 6.30. The molecule has 2 aliphatic carbocycles. The van der Waals surface area contributed by atoms with Crippen LogP contribution in [-0.4, -0.2) is 132 Å². The first-order chi connectivity index (χ1) is 35.6. The maximum atomic E-state index is 13.7. The van der Waals surface area contributed by atoms with E-state index >= 15 is 0 Å². The molecule has 4 heterocycles. The van der Waals surface area contributed by atoms with Crippen LogP contribution < -0.4 is 53.3 Å². The van der Waals surface area contributed by atoms with Crippen LogP contribution in [0.5, 0.6) is 11.5 Å². The van der Waals surface area contributed by atoms with Gasteiger partial charge < -0.3 is 63.1 Å². The molecule has 4 atom stereocenters. The molecule has 4 fully saturated rings. The number of aromatic nitrogens is 4. The van der Waals surface area contributed by atoms with E-state index in [-0.39, 0.29) is 65.8 Å². The Labute approximate surface area is 438 Å². The van der Waals surface area contributed by atoms with Crippen LogP contribution in [0.4, 0.5) is 55.4 Å². The largest absolute Gasteiger partial charge is 0.495 e. The lowest BCUT2D eigenvalue weighted by molar-refractivity contribution is -0.138. The number of hydrogen-bond acceptors (Lipinski definition) is 16. The molecule has 0 unspecified atom stereocenters. The molecule has 2 aromatic carbocycles. The summed E-state index contributed by atoms with van der Waals surface area (Å²) in [5.74, 6) is -0.269. The first kappa shape index (κ1) is 58.5. The predicted octanol–water partition coefficient (Wildman–Crippen LogP) is 7.69. The van der Waals surface area contributed by atoms with E-state index in [1.165, 1.54) is 33.1 Å². The van der Waals surface area contributed by atoms with Gasteiger partial charge in [-0.2, -0.15) is 31.3 Å². The number of nitrogens with one attached hydrogen (secondary N) is 5. The number of carbonyl (C=O) groups is 2. The molecule has 4 aromatic rings. The van der Waals surface area contributed by atoms with E-state index in [0.29, 0.717) is 46.6 Å². The number of hydrogen-bond donors (Lipinski definition) is 8. The zero-order valence-corrected chi connectivity index (χ0v) is 43.3. The second kappa shape index (κ2) is 26.8. The third-order valence-electron chi connectivity index (χ3n) is 13.7. The maximum absolute atomic E-state index is 13.7. The van der Waals surface area contributed by atoms with Crippen molar-refractivity contribution >= 4 is 52.5 Å². The number of rotatable bonds is 12. The lowest BCUT2D eigenvalue weighted by Gasteiger charge is -2.30. The van der Waals surface area contributed by atoms with Gasteiger partial charge in [-0.3, -0.25) is 9.59 Å². The van der Waals surface area contributed by atoms with Crippen molar-refractivity contribution in [3.05, 3.63) is 76.2 Å². The lowest BCUT2D eigenvalue weighted by atomic mass is 9.91. The van der Waals surface area contributed by atoms with E-state index in [2.05, 4.69) is 63.4 Å². The van der Waals surface area contributed by atoms with Crippen molar-refractivity contribution < 1.29 is 45.4 Å². The van der Waals surface area contributed by atoms with Crippen LogP contribution >= 0.6 is 11.6 Å². The molecular formula is C50H69ClF6N14O4. The summed E-state index contributed by atoms with van der Waals surface area (Å²) in [6, 6.07) is 9.73. The number of piperidine rings is 2. The van der Waals surface area contributed by atoms with Crippen LogP contribution in [0.25, 0.3) is 0 Å². The Morgan fingerprint density at radius 2 is 1.03 bits per heavy atom. The summed E-state index contributed by atoms with van der Waals surface area (Å²) in [5, 5.41) is 13.9. The number of halogens is 7. The minimum Gasteiger partial charge on any atom is -0.495 e. The Kier molecular flexibility index (Phi) is 20.9. The normalized spacial score (nSPS) is 21.0. The zero-order valence-electron chi connectivity index (χ0n) is 42.6. The number of alkyl halides is 6. The van der Waals surface area contributed by atoms with Gasteiger partial charge in [0.05, 0.1) is 25.6 Å². The van der Waals surface area contributed by atoms with Crippen molar-refractivity contribution in [2.75, 3.05) is 70.4 Å². The number of anilines is 5. The summed E-state index contributed by atoms with van der Waals surface area (Å²) in [6.07, 6.45) is 3.66. The topological polar surface area (TPSA) is 249 Å². The summed E-state index contributed by atoms with van der Waals surface area (Å²) >= 11 is 5.62. The van der Waals surface area contributed by atoms with Crippen molar-refractivity contribution in [1.29, 1.82) is 0 Å². The van der Waals surface area contributed by atoms with Crippen LogP contribution in [0.15, 0.2) is 48.8 Å². The van der Waals surface area contributed by atoms with Gasteiger partial charge in [-0.25, -0.2) is 15.0 Å². The van der Waals surface area contributed by atoms with E-state index in [9.17, 15) is 35.9 Å². The fourth-order valence-electron chi connectivity index (χ4n) is 9.03. The molecule has 25 heteroatoms. The summed E-state index contributed by atoms with van der Waals surface area (Å²) in [4.78, 5) is 45.1. The zero-order chi connectivity index (χ0) is 54.5. The van der Waals surface area contributed by atoms with Crippen molar-refractivity contribution in [1.82, 2.24) is 40.4 Å². The molecule has 11 N–H and O–H groups in total. The molecule has 18 nitrogen and oxygen atoms in total. The van der Waals surface area contributed by atoms with E-state index in [4.69, 9.17) is 38.3 Å². The third-order valence-corrected chi connectivity index (χ3v) is 14.0. The molecule has 2 aromatic heterocycles. The summed E-state index contributed by atoms with van der Waals surface area (Å²) < 4.78 is 90.1. The Hall–Kier alpha value is -5.79. The van der Waals surface area contributed by atoms with E-state index < -0.39 is 28.6 Å². The first-order valence-electron chi connectivity index (χ1n) is 25.1. The van der Waals surface area contributed by atoms with Crippen molar-refractivity contribution in [2.24, 2.45) is 17.2 Å². The smallest absolute Gasteiger partial charge is 0.421 e. The molecule has 4 aliphatic rings. The van der Waals surface area contributed by atoms with Crippen molar-refractivity contribution in [3.63, 3.8) is 0 Å². The summed E-state index contributed by atoms with van der Waals surface area (Å²) in [6.45, 7) is 3.70. The lowest BCUT2D eigenvalue weighted by Crippen LogP contribution is -2.43. The molecule has 75 heavy (non-hydrogen) atoms. The van der Waals surface area contributed by atoms with Gasteiger partial charge in [-0.15, -0.1) is 0 Å². The molecular weight excluding hydrogens is 1010 g/mol. The molecule has 0 radical (unpaired) electrons. The average Bonchev–Trinajstić information content (AvgIpc) is 3.37. The molecule has 2 aliphatic heterocycles. The van der Waals surface area contributed by atoms with Gasteiger partial charge in [-0.1, -0.05) is 37.3 Å². The number of methoxy groups -OCH3 is 2. The van der Waals surface area contributed by atoms with Gasteiger partial charge in [0.15, 0.2) is 0 Å². The predicted molar refractivity (Wildman–Crippen MR) is 276 cm³/mol. The second-order valence-electron chi connectivity index (χ2n) is 19.3. The Morgan fingerprint density at radius 3 is 1.43 bits per heavy atom. The SMILES string of the molecule is COc1cc(C(=O)NC2CCN(C)CC2)ccc1Nc1ncc(C(F)(F)F)c(Cl)n1.COc1cc(C(=O)NC2CCN(C)CC2)ccc1Nc1ncc(C(F)(F)F)c(N[C@@H]2CCCC[C@H]2N)n1.N[C@@H]1CCCC[C@H]1N. The molecule has 8 rings (SSSR count). The van der Waals surface area contributed by atoms with E-state index in [1.54, 1.807) is 30.3 Å². The van der Waals surface area contributed by atoms with Crippen LogP contribution in [0, 0.1) is 0 Å². The van der Waals surface area contributed by atoms with Crippen molar-refractivity contribution in [3.8, 4) is 11.5 Å². The third kappa shape index (κ3) is 17.1. The Balaban J connectivity index is 0.000000215. The average molecular weight is 1080 g/mol. The highest BCUT2D eigenvalue weighted by Gasteiger charge is 2.37. The fraction of sp³-hybridized carbons (Fsp3) is 0.560. The fourth-order valence-corrected chi connectivity index (χ4v) is 9.27. The van der Waals surface area contributed by atoms with Gasteiger partial charge in [0.25, 0.3) is 11.8 Å². The molecule has 0 bridgehead atoms. The van der Waals surface area contributed by atoms with Gasteiger partial charge >= 0.3 is 12.4 Å². The first-order valence-corrected chi connectivity index (χ1v) is 25.5. The Bertz CT molecular complexity index is 2500. The minimum atomic E-state index is -4.64. The number of likely N-dealkylation sites (tertiary alicyclic amines) is 2. The number of nitrogens with zero attached hydrogens (tertiary/aromatic N) is 6. The van der Waals surface area contributed by atoms with Gasteiger partial charge in [0.1, 0.15) is 33.6 Å². The van der Waals surface area contributed by atoms with E-state index in [1.807, 2.05) is 7.05 Å². The molecule has 0 spiro atoms. The maximum Gasteiger partial charge on any atom is 0.421 e. The molecule has 2 saturated carbocycles. The van der Waals surface area contributed by atoms with Crippen LogP contribution in [-0.2, 0) is 12.4 Å². The van der Waals surface area contributed by atoms with Crippen LogP contribution in [0.1, 0.15) is 109 Å². The monoisotopic (exact) mass is 1080 g/mol. The van der Waals surface area contributed by atoms with Gasteiger partial charge in [0.2, 0.25) is 11.9 Å². The number of amides is 2. The highest BCUT2D eigenvalue weighted by Crippen LogP contribution is 2.37. The highest BCUT2D eigenvalue weighted by atomic mass is 35.5. The quantitative estimate of drug-likeness (QED) is 0.0500. The molecule has 412 valence electrons. The Morgan fingerprint density at radius 1 is 0.613 bits per heavy atom. The number of nitrogens with two attached hydrogens (primary N) is 3.